The fraction of sp³-hybridized carbons (Fsp3) is 0.583. The maximum Gasteiger partial charge on any atom is 0.241 e. The van der Waals surface area contributed by atoms with E-state index in [1.54, 1.807) is 11.3 Å². The van der Waals surface area contributed by atoms with Gasteiger partial charge in [-0.15, -0.1) is 0 Å². The SMILES string of the molecule is Cc1cscc1CN1CNC(C(C)C)C1=O. The van der Waals surface area contributed by atoms with Crippen LogP contribution in [0.5, 0.6) is 0 Å². The molecule has 1 aliphatic rings. The van der Waals surface area contributed by atoms with Crippen LogP contribution in [-0.4, -0.2) is 23.5 Å². The van der Waals surface area contributed by atoms with Crippen LogP contribution in [0, 0.1) is 12.8 Å². The fourth-order valence-electron chi connectivity index (χ4n) is 1.98. The number of aryl methyl sites for hydroxylation is 1. The van der Waals surface area contributed by atoms with Crippen molar-refractivity contribution in [1.82, 2.24) is 10.2 Å². The number of hydrogen-bond donors (Lipinski definition) is 1. The molecule has 2 heterocycles. The highest BCUT2D eigenvalue weighted by atomic mass is 32.1. The van der Waals surface area contributed by atoms with E-state index in [4.69, 9.17) is 0 Å². The molecule has 3 nitrogen and oxygen atoms in total. The van der Waals surface area contributed by atoms with Crippen LogP contribution < -0.4 is 5.32 Å². The van der Waals surface area contributed by atoms with Crippen LogP contribution in [-0.2, 0) is 11.3 Å². The lowest BCUT2D eigenvalue weighted by molar-refractivity contribution is -0.130. The van der Waals surface area contributed by atoms with Crippen molar-refractivity contribution in [2.24, 2.45) is 5.92 Å². The minimum Gasteiger partial charge on any atom is -0.324 e. The normalized spacial score (nSPS) is 21.1. The molecule has 1 N–H and O–H groups in total. The molecule has 0 saturated carbocycles. The van der Waals surface area contributed by atoms with Crippen LogP contribution >= 0.6 is 11.3 Å². The van der Waals surface area contributed by atoms with Crippen LogP contribution in [0.3, 0.4) is 0 Å². The summed E-state index contributed by atoms with van der Waals surface area (Å²) < 4.78 is 0. The van der Waals surface area contributed by atoms with Gasteiger partial charge in [0.25, 0.3) is 0 Å². The molecule has 2 rings (SSSR count). The Bertz CT molecular complexity index is 386. The number of thiophene rings is 1. The number of carbonyl (C=O) groups is 1. The van der Waals surface area contributed by atoms with E-state index in [0.717, 1.165) is 6.54 Å². The lowest BCUT2D eigenvalue weighted by Gasteiger charge is -2.16. The number of amides is 1. The highest BCUT2D eigenvalue weighted by molar-refractivity contribution is 7.08. The first-order valence-corrected chi connectivity index (χ1v) is 6.57. The number of hydrogen-bond acceptors (Lipinski definition) is 3. The van der Waals surface area contributed by atoms with E-state index >= 15 is 0 Å². The third kappa shape index (κ3) is 2.13. The van der Waals surface area contributed by atoms with E-state index in [1.165, 1.54) is 11.1 Å². The molecular weight excluding hydrogens is 220 g/mol. The molecule has 16 heavy (non-hydrogen) atoms. The van der Waals surface area contributed by atoms with Gasteiger partial charge >= 0.3 is 0 Å². The summed E-state index contributed by atoms with van der Waals surface area (Å²) in [6.07, 6.45) is 0. The first kappa shape index (κ1) is 11.6. The van der Waals surface area contributed by atoms with Gasteiger partial charge in [-0.3, -0.25) is 10.1 Å². The van der Waals surface area contributed by atoms with Gasteiger partial charge < -0.3 is 4.90 Å². The molecule has 1 aromatic heterocycles. The summed E-state index contributed by atoms with van der Waals surface area (Å²) in [6, 6.07) is -0.000980. The largest absolute Gasteiger partial charge is 0.324 e. The maximum absolute atomic E-state index is 12.1. The van der Waals surface area contributed by atoms with E-state index in [0.29, 0.717) is 12.6 Å². The van der Waals surface area contributed by atoms with Crippen LogP contribution in [0.4, 0.5) is 0 Å². The third-order valence-corrected chi connectivity index (χ3v) is 3.98. The van der Waals surface area contributed by atoms with E-state index in [-0.39, 0.29) is 11.9 Å². The Hall–Kier alpha value is -0.870. The van der Waals surface area contributed by atoms with Crippen LogP contribution in [0.1, 0.15) is 25.0 Å². The summed E-state index contributed by atoms with van der Waals surface area (Å²) >= 11 is 1.70. The monoisotopic (exact) mass is 238 g/mol. The highest BCUT2D eigenvalue weighted by Crippen LogP contribution is 2.19. The smallest absolute Gasteiger partial charge is 0.241 e. The topological polar surface area (TPSA) is 32.3 Å². The zero-order valence-corrected chi connectivity index (χ0v) is 10.8. The minimum absolute atomic E-state index is 0.000980. The van der Waals surface area contributed by atoms with Crippen molar-refractivity contribution in [2.45, 2.75) is 33.4 Å². The van der Waals surface area contributed by atoms with Crippen molar-refractivity contribution in [3.63, 3.8) is 0 Å². The molecule has 0 aromatic carbocycles. The Morgan fingerprint density at radius 1 is 1.56 bits per heavy atom. The van der Waals surface area contributed by atoms with Gasteiger partial charge in [0.15, 0.2) is 0 Å². The van der Waals surface area contributed by atoms with E-state index in [9.17, 15) is 4.79 Å². The molecule has 1 aliphatic heterocycles. The third-order valence-electron chi connectivity index (χ3n) is 3.07. The first-order chi connectivity index (χ1) is 7.59. The van der Waals surface area contributed by atoms with Crippen LogP contribution in [0.25, 0.3) is 0 Å². The summed E-state index contributed by atoms with van der Waals surface area (Å²) in [5.41, 5.74) is 2.55. The van der Waals surface area contributed by atoms with Gasteiger partial charge in [-0.25, -0.2) is 0 Å². The van der Waals surface area contributed by atoms with Gasteiger partial charge in [0.1, 0.15) is 0 Å². The Morgan fingerprint density at radius 2 is 2.31 bits per heavy atom. The average Bonchev–Trinajstić information content (AvgIpc) is 2.76. The lowest BCUT2D eigenvalue weighted by Crippen LogP contribution is -2.34. The second kappa shape index (κ2) is 4.55. The lowest BCUT2D eigenvalue weighted by atomic mass is 10.0. The summed E-state index contributed by atoms with van der Waals surface area (Å²) in [4.78, 5) is 14.0. The predicted molar refractivity (Wildman–Crippen MR) is 66.2 cm³/mol. The molecule has 1 aromatic rings. The second-order valence-corrected chi connectivity index (χ2v) is 5.44. The fourth-order valence-corrected chi connectivity index (χ4v) is 2.83. The van der Waals surface area contributed by atoms with Crippen molar-refractivity contribution < 1.29 is 4.79 Å². The van der Waals surface area contributed by atoms with Crippen LogP contribution in [0.2, 0.25) is 0 Å². The first-order valence-electron chi connectivity index (χ1n) is 5.63. The van der Waals surface area contributed by atoms with Gasteiger partial charge in [0.05, 0.1) is 12.7 Å². The van der Waals surface area contributed by atoms with Crippen molar-refractivity contribution in [1.29, 1.82) is 0 Å². The summed E-state index contributed by atoms with van der Waals surface area (Å²) in [7, 11) is 0. The Morgan fingerprint density at radius 3 is 2.81 bits per heavy atom. The standard InChI is InChI=1S/C12H18N2OS/c1-8(2)11-12(15)14(7-13-11)4-10-6-16-5-9(10)3/h5-6,8,11,13H,4,7H2,1-3H3. The Labute approximate surface area is 100 Å². The predicted octanol–water partition coefficient (Wildman–Crippen LogP) is 1.97. The molecule has 1 fully saturated rings. The molecule has 0 bridgehead atoms. The molecule has 1 amide bonds. The Balaban J connectivity index is 2.03. The highest BCUT2D eigenvalue weighted by Gasteiger charge is 2.33. The van der Waals surface area contributed by atoms with Gasteiger partial charge in [-0.1, -0.05) is 13.8 Å². The zero-order chi connectivity index (χ0) is 11.7. The van der Waals surface area contributed by atoms with E-state index < -0.39 is 0 Å². The van der Waals surface area contributed by atoms with Crippen molar-refractivity contribution in [2.75, 3.05) is 6.67 Å². The van der Waals surface area contributed by atoms with Gasteiger partial charge in [0, 0.05) is 6.54 Å². The number of carbonyl (C=O) groups excluding carboxylic acids is 1. The molecule has 1 atom stereocenters. The summed E-state index contributed by atoms with van der Waals surface area (Å²) in [5, 5.41) is 7.53. The molecule has 88 valence electrons. The zero-order valence-electron chi connectivity index (χ0n) is 9.99. The molecule has 1 unspecified atom stereocenters. The molecule has 4 heteroatoms. The average molecular weight is 238 g/mol. The van der Waals surface area contributed by atoms with Crippen molar-refractivity contribution in [3.8, 4) is 0 Å². The summed E-state index contributed by atoms with van der Waals surface area (Å²) in [6.45, 7) is 7.67. The minimum atomic E-state index is -0.000980. The Kier molecular flexibility index (Phi) is 3.30. The number of rotatable bonds is 3. The van der Waals surface area contributed by atoms with Crippen molar-refractivity contribution in [3.05, 3.63) is 21.9 Å². The molecule has 1 saturated heterocycles. The van der Waals surface area contributed by atoms with E-state index in [1.807, 2.05) is 4.90 Å². The van der Waals surface area contributed by atoms with Gasteiger partial charge in [-0.05, 0) is 34.7 Å². The molecule has 0 radical (unpaired) electrons. The van der Waals surface area contributed by atoms with Crippen molar-refractivity contribution >= 4 is 17.2 Å². The van der Waals surface area contributed by atoms with Gasteiger partial charge in [-0.2, -0.15) is 11.3 Å². The summed E-state index contributed by atoms with van der Waals surface area (Å²) in [5.74, 6) is 0.599. The second-order valence-electron chi connectivity index (χ2n) is 4.70. The molecule has 0 aliphatic carbocycles. The molecule has 0 spiro atoms. The number of nitrogens with one attached hydrogen (secondary N) is 1. The number of nitrogens with zero attached hydrogens (tertiary/aromatic N) is 1. The van der Waals surface area contributed by atoms with E-state index in [2.05, 4.69) is 36.8 Å². The van der Waals surface area contributed by atoms with Gasteiger partial charge in [0.2, 0.25) is 5.91 Å². The quantitative estimate of drug-likeness (QED) is 0.873. The molecular formula is C12H18N2OS. The maximum atomic E-state index is 12.1. The van der Waals surface area contributed by atoms with Crippen LogP contribution in [0.15, 0.2) is 10.8 Å².